The first-order valence-corrected chi connectivity index (χ1v) is 6.86. The molecule has 0 radical (unpaired) electrons. The van der Waals surface area contributed by atoms with Crippen LogP contribution in [-0.4, -0.2) is 13.2 Å². The lowest BCUT2D eigenvalue weighted by atomic mass is 10.1. The summed E-state index contributed by atoms with van der Waals surface area (Å²) < 4.78 is 23.3. The van der Waals surface area contributed by atoms with Crippen LogP contribution in [0, 0.1) is 32.1 Å². The maximum Gasteiger partial charge on any atom is 0.197 e. The zero-order valence-electron chi connectivity index (χ0n) is 10.8. The van der Waals surface area contributed by atoms with Gasteiger partial charge in [0.1, 0.15) is 0 Å². The Kier molecular flexibility index (Phi) is 3.35. The third-order valence-corrected chi connectivity index (χ3v) is 5.70. The average molecular weight is 251 g/mol. The van der Waals surface area contributed by atoms with Gasteiger partial charge >= 0.3 is 0 Å². The molecule has 17 heavy (non-hydrogen) atoms. The molecule has 0 aliphatic rings. The van der Waals surface area contributed by atoms with Gasteiger partial charge in [-0.25, -0.2) is 8.42 Å². The number of nitrogens with zero attached hydrogens (tertiary/aromatic N) is 1. The molecule has 0 amide bonds. The molecule has 92 valence electrons. The summed E-state index contributed by atoms with van der Waals surface area (Å²) in [7, 11) is -3.62. The van der Waals surface area contributed by atoms with Gasteiger partial charge in [0.2, 0.25) is 0 Å². The van der Waals surface area contributed by atoms with Crippen LogP contribution < -0.4 is 0 Å². The molecule has 0 aromatic heterocycles. The molecule has 0 aliphatic heterocycles. The Labute approximate surface area is 103 Å². The van der Waals surface area contributed by atoms with E-state index in [4.69, 9.17) is 5.26 Å². The molecule has 0 N–H and O–H groups in total. The van der Waals surface area contributed by atoms with Crippen LogP contribution in [0.15, 0.2) is 17.0 Å². The summed E-state index contributed by atoms with van der Waals surface area (Å²) in [5.74, 6) is 0. The second-order valence-corrected chi connectivity index (χ2v) is 7.22. The Bertz CT molecular complexity index is 593. The van der Waals surface area contributed by atoms with Crippen molar-refractivity contribution in [3.05, 3.63) is 28.8 Å². The smallest absolute Gasteiger partial charge is 0.197 e. The van der Waals surface area contributed by atoms with Crippen LogP contribution in [0.3, 0.4) is 0 Å². The first kappa shape index (κ1) is 13.7. The molecule has 0 atom stereocenters. The van der Waals surface area contributed by atoms with E-state index in [2.05, 4.69) is 0 Å². The molecule has 0 unspecified atom stereocenters. The zero-order valence-corrected chi connectivity index (χ0v) is 11.6. The van der Waals surface area contributed by atoms with E-state index in [0.29, 0.717) is 0 Å². The number of hydrogen-bond donors (Lipinski definition) is 0. The van der Waals surface area contributed by atoms with Gasteiger partial charge in [-0.2, -0.15) is 5.26 Å². The molecule has 0 aliphatic carbocycles. The fourth-order valence-electron chi connectivity index (χ4n) is 1.56. The highest BCUT2D eigenvalue weighted by Gasteiger charge is 2.37. The normalized spacial score (nSPS) is 12.2. The van der Waals surface area contributed by atoms with Crippen LogP contribution in [0.1, 0.15) is 30.5 Å². The molecule has 0 spiro atoms. The van der Waals surface area contributed by atoms with Gasteiger partial charge in [-0.15, -0.1) is 0 Å². The van der Waals surface area contributed by atoms with Crippen molar-refractivity contribution in [1.82, 2.24) is 0 Å². The Morgan fingerprint density at radius 2 is 1.65 bits per heavy atom. The van der Waals surface area contributed by atoms with Gasteiger partial charge < -0.3 is 0 Å². The van der Waals surface area contributed by atoms with Gasteiger partial charge in [0, 0.05) is 0 Å². The topological polar surface area (TPSA) is 57.9 Å². The Morgan fingerprint density at radius 3 is 2.12 bits per heavy atom. The second kappa shape index (κ2) is 4.15. The van der Waals surface area contributed by atoms with E-state index in [1.54, 1.807) is 19.1 Å². The van der Waals surface area contributed by atoms with Gasteiger partial charge in [-0.05, 0) is 57.4 Å². The van der Waals surface area contributed by atoms with E-state index in [9.17, 15) is 8.42 Å². The van der Waals surface area contributed by atoms with Gasteiger partial charge in [0.25, 0.3) is 0 Å². The van der Waals surface area contributed by atoms with Crippen LogP contribution in [0.25, 0.3) is 0 Å². The second-order valence-electron chi connectivity index (χ2n) is 4.76. The highest BCUT2D eigenvalue weighted by Crippen LogP contribution is 2.29. The fraction of sp³-hybridized carbons (Fsp3) is 0.462. The maximum atomic E-state index is 12.3. The van der Waals surface area contributed by atoms with Gasteiger partial charge in [0.15, 0.2) is 14.6 Å². The summed E-state index contributed by atoms with van der Waals surface area (Å²) in [5, 5.41) is 8.98. The summed E-state index contributed by atoms with van der Waals surface area (Å²) in [6.07, 6.45) is 0. The number of nitriles is 1. The first-order valence-electron chi connectivity index (χ1n) is 5.38. The zero-order chi connectivity index (χ0) is 13.4. The maximum absolute atomic E-state index is 12.3. The van der Waals surface area contributed by atoms with Crippen molar-refractivity contribution in [1.29, 1.82) is 5.26 Å². The van der Waals surface area contributed by atoms with Crippen molar-refractivity contribution in [3.63, 3.8) is 0 Å². The lowest BCUT2D eigenvalue weighted by molar-refractivity contribution is 0.573. The minimum atomic E-state index is -3.62. The van der Waals surface area contributed by atoms with E-state index < -0.39 is 14.6 Å². The highest BCUT2D eigenvalue weighted by molar-refractivity contribution is 7.93. The number of benzene rings is 1. The molecular formula is C13H17NO2S. The van der Waals surface area contributed by atoms with E-state index in [-0.39, 0.29) is 4.90 Å². The van der Waals surface area contributed by atoms with Crippen molar-refractivity contribution >= 4 is 9.84 Å². The van der Waals surface area contributed by atoms with E-state index in [1.165, 1.54) is 13.8 Å². The predicted molar refractivity (Wildman–Crippen MR) is 67.5 cm³/mol. The summed E-state index contributed by atoms with van der Waals surface area (Å²) in [6, 6.07) is 5.22. The van der Waals surface area contributed by atoms with Crippen molar-refractivity contribution in [3.8, 4) is 6.07 Å². The van der Waals surface area contributed by atoms with Crippen LogP contribution in [0.5, 0.6) is 0 Å². The van der Waals surface area contributed by atoms with Crippen LogP contribution in [0.2, 0.25) is 0 Å². The van der Waals surface area contributed by atoms with Gasteiger partial charge in [-0.3, -0.25) is 0 Å². The highest BCUT2D eigenvalue weighted by atomic mass is 32.2. The van der Waals surface area contributed by atoms with Crippen LogP contribution >= 0.6 is 0 Å². The summed E-state index contributed by atoms with van der Waals surface area (Å²) in [4.78, 5) is 0.257. The quantitative estimate of drug-likeness (QED) is 0.812. The summed E-state index contributed by atoms with van der Waals surface area (Å²) >= 11 is 0. The number of rotatable bonds is 2. The standard InChI is InChI=1S/C13H17NO2S/c1-9-6-7-12(11(3)10(9)2)17(15,16)13(4,5)8-14/h6-7H,1-5H3. The summed E-state index contributed by atoms with van der Waals surface area (Å²) in [6.45, 7) is 8.47. The molecule has 4 heteroatoms. The first-order chi connectivity index (χ1) is 7.65. The van der Waals surface area contributed by atoms with Crippen LogP contribution in [-0.2, 0) is 9.84 Å². The summed E-state index contributed by atoms with van der Waals surface area (Å²) in [5.41, 5.74) is 2.74. The minimum absolute atomic E-state index is 0.257. The lowest BCUT2D eigenvalue weighted by Gasteiger charge is -2.19. The molecule has 0 bridgehead atoms. The van der Waals surface area contributed by atoms with Crippen molar-refractivity contribution in [2.45, 2.75) is 44.3 Å². The van der Waals surface area contributed by atoms with Crippen LogP contribution in [0.4, 0.5) is 0 Å². The van der Waals surface area contributed by atoms with Crippen molar-refractivity contribution < 1.29 is 8.42 Å². The Morgan fingerprint density at radius 1 is 1.12 bits per heavy atom. The average Bonchev–Trinajstić information content (AvgIpc) is 2.25. The van der Waals surface area contributed by atoms with E-state index in [1.807, 2.05) is 19.9 Å². The van der Waals surface area contributed by atoms with E-state index >= 15 is 0 Å². The van der Waals surface area contributed by atoms with Gasteiger partial charge in [0.05, 0.1) is 11.0 Å². The molecule has 1 rings (SSSR count). The largest absolute Gasteiger partial charge is 0.222 e. The van der Waals surface area contributed by atoms with Crippen molar-refractivity contribution in [2.24, 2.45) is 0 Å². The molecule has 0 heterocycles. The fourth-order valence-corrected chi connectivity index (χ4v) is 3.03. The molecule has 0 saturated carbocycles. The number of aryl methyl sites for hydroxylation is 1. The third kappa shape index (κ3) is 2.07. The third-order valence-electron chi connectivity index (χ3n) is 3.24. The molecule has 1 aromatic carbocycles. The molecule has 0 fully saturated rings. The monoisotopic (exact) mass is 251 g/mol. The Balaban J connectivity index is 3.59. The SMILES string of the molecule is Cc1ccc(S(=O)(=O)C(C)(C)C#N)c(C)c1C. The minimum Gasteiger partial charge on any atom is -0.222 e. The van der Waals surface area contributed by atoms with Gasteiger partial charge in [-0.1, -0.05) is 6.07 Å². The lowest BCUT2D eigenvalue weighted by Crippen LogP contribution is -2.30. The molecule has 3 nitrogen and oxygen atoms in total. The molecular weight excluding hydrogens is 234 g/mol. The predicted octanol–water partition coefficient (Wildman–Crippen LogP) is 2.69. The number of hydrogen-bond acceptors (Lipinski definition) is 3. The van der Waals surface area contributed by atoms with Crippen molar-refractivity contribution in [2.75, 3.05) is 0 Å². The number of sulfone groups is 1. The molecule has 1 aromatic rings. The molecule has 0 saturated heterocycles. The Hall–Kier alpha value is -1.34. The van der Waals surface area contributed by atoms with E-state index in [0.717, 1.165) is 16.7 Å².